The van der Waals surface area contributed by atoms with Gasteiger partial charge in [0.1, 0.15) is 6.33 Å². The summed E-state index contributed by atoms with van der Waals surface area (Å²) in [6.45, 7) is 1.15. The van der Waals surface area contributed by atoms with Gasteiger partial charge in [-0.1, -0.05) is 0 Å². The van der Waals surface area contributed by atoms with Crippen LogP contribution < -0.4 is 5.32 Å². The number of likely N-dealkylation sites (tertiary alicyclic amines) is 1. The molecule has 2 aliphatic rings. The van der Waals surface area contributed by atoms with E-state index < -0.39 is 0 Å². The first-order valence-corrected chi connectivity index (χ1v) is 8.75. The Bertz CT molecular complexity index is 827. The molecule has 1 N–H and O–H groups in total. The van der Waals surface area contributed by atoms with Crippen LogP contribution in [-0.2, 0) is 5.54 Å². The van der Waals surface area contributed by atoms with Crippen LogP contribution in [0.25, 0.3) is 0 Å². The van der Waals surface area contributed by atoms with Gasteiger partial charge in [0.05, 0.1) is 23.1 Å². The highest BCUT2D eigenvalue weighted by Crippen LogP contribution is 2.47. The highest BCUT2D eigenvalue weighted by atomic mass is 16.2. The number of carbonyl (C=O) groups excluding carboxylic acids is 1. The maximum Gasteiger partial charge on any atom is 0.257 e. The van der Waals surface area contributed by atoms with E-state index in [0.29, 0.717) is 24.6 Å². The van der Waals surface area contributed by atoms with Gasteiger partial charge in [-0.05, 0) is 25.7 Å². The van der Waals surface area contributed by atoms with E-state index in [4.69, 9.17) is 5.26 Å². The smallest absolute Gasteiger partial charge is 0.257 e. The third-order valence-electron chi connectivity index (χ3n) is 5.00. The fourth-order valence-corrected chi connectivity index (χ4v) is 3.32. The van der Waals surface area contributed by atoms with Crippen LogP contribution in [-0.4, -0.2) is 43.8 Å². The minimum Gasteiger partial charge on any atom is -0.345 e. The average Bonchev–Trinajstić information content (AvgIpc) is 3.49. The van der Waals surface area contributed by atoms with Gasteiger partial charge in [0, 0.05) is 43.4 Å². The second-order valence-corrected chi connectivity index (χ2v) is 6.85. The summed E-state index contributed by atoms with van der Waals surface area (Å²) in [4.78, 5) is 31.1. The molecule has 0 bridgehead atoms. The molecule has 132 valence electrons. The van der Waals surface area contributed by atoms with Gasteiger partial charge in [0.25, 0.3) is 5.91 Å². The lowest BCUT2D eigenvalue weighted by Crippen LogP contribution is -2.39. The molecule has 3 heterocycles. The second kappa shape index (κ2) is 6.67. The number of hydrogen-bond donors (Lipinski definition) is 1. The molecule has 0 unspecified atom stereocenters. The molecule has 1 atom stereocenters. The minimum absolute atomic E-state index is 0.0858. The SMILES string of the molecule is N#C[C@H]1CCCN(C(=O)c2cnc(NC3(c4cncnc4)CC3)nc2)C1. The topological polar surface area (TPSA) is 108 Å². The van der Waals surface area contributed by atoms with Crippen molar-refractivity contribution in [2.75, 3.05) is 18.4 Å². The molecule has 8 nitrogen and oxygen atoms in total. The number of nitriles is 1. The Labute approximate surface area is 151 Å². The maximum absolute atomic E-state index is 12.6. The predicted octanol–water partition coefficient (Wildman–Crippen LogP) is 1.74. The summed E-state index contributed by atoms with van der Waals surface area (Å²) in [5.74, 6) is 0.280. The number of aromatic nitrogens is 4. The van der Waals surface area contributed by atoms with Crippen LogP contribution in [0, 0.1) is 17.2 Å². The molecule has 1 aliphatic heterocycles. The van der Waals surface area contributed by atoms with Crippen LogP contribution in [0.1, 0.15) is 41.6 Å². The monoisotopic (exact) mass is 349 g/mol. The van der Waals surface area contributed by atoms with Gasteiger partial charge < -0.3 is 10.2 Å². The van der Waals surface area contributed by atoms with E-state index in [2.05, 4.69) is 31.3 Å². The van der Waals surface area contributed by atoms with Crippen LogP contribution in [0.4, 0.5) is 5.95 Å². The Morgan fingerprint density at radius 1 is 1.23 bits per heavy atom. The molecule has 1 saturated heterocycles. The second-order valence-electron chi connectivity index (χ2n) is 6.85. The lowest BCUT2D eigenvalue weighted by molar-refractivity contribution is 0.0698. The normalized spacial score (nSPS) is 20.9. The molecule has 0 spiro atoms. The summed E-state index contributed by atoms with van der Waals surface area (Å²) in [7, 11) is 0. The third-order valence-corrected chi connectivity index (χ3v) is 5.00. The molecule has 2 aromatic heterocycles. The molecule has 0 aromatic carbocycles. The average molecular weight is 349 g/mol. The summed E-state index contributed by atoms with van der Waals surface area (Å²) in [6, 6.07) is 2.25. The van der Waals surface area contributed by atoms with Crippen LogP contribution >= 0.6 is 0 Å². The molecule has 2 fully saturated rings. The Kier molecular flexibility index (Phi) is 4.21. The zero-order valence-corrected chi connectivity index (χ0v) is 14.3. The summed E-state index contributed by atoms with van der Waals surface area (Å²) in [5, 5.41) is 12.4. The van der Waals surface area contributed by atoms with Gasteiger partial charge >= 0.3 is 0 Å². The lowest BCUT2D eigenvalue weighted by Gasteiger charge is -2.29. The quantitative estimate of drug-likeness (QED) is 0.895. The number of anilines is 1. The minimum atomic E-state index is -0.209. The first-order chi connectivity index (χ1) is 12.7. The molecule has 8 heteroatoms. The standard InChI is InChI=1S/C18H19N7O/c19-6-13-2-1-5-25(11-13)16(26)14-7-22-17(23-8-14)24-18(3-4-18)15-9-20-12-21-10-15/h7-10,12-13H,1-5,11H2,(H,22,23,24)/t13-/m1/s1. The van der Waals surface area contributed by atoms with Gasteiger partial charge in [0.15, 0.2) is 0 Å². The number of rotatable bonds is 4. The van der Waals surface area contributed by atoms with E-state index >= 15 is 0 Å². The fraction of sp³-hybridized carbons (Fsp3) is 0.444. The van der Waals surface area contributed by atoms with Gasteiger partial charge in [0.2, 0.25) is 5.95 Å². The molecule has 2 aromatic rings. The van der Waals surface area contributed by atoms with E-state index in [0.717, 1.165) is 31.2 Å². The Morgan fingerprint density at radius 2 is 1.96 bits per heavy atom. The molecule has 4 rings (SSSR count). The van der Waals surface area contributed by atoms with E-state index in [9.17, 15) is 4.79 Å². The third kappa shape index (κ3) is 3.20. The predicted molar refractivity (Wildman–Crippen MR) is 92.8 cm³/mol. The summed E-state index contributed by atoms with van der Waals surface area (Å²) in [6.07, 6.45) is 11.8. The van der Waals surface area contributed by atoms with Crippen molar-refractivity contribution in [1.82, 2.24) is 24.8 Å². The van der Waals surface area contributed by atoms with E-state index in [1.807, 2.05) is 0 Å². The first-order valence-electron chi connectivity index (χ1n) is 8.75. The molecule has 1 amide bonds. The van der Waals surface area contributed by atoms with Crippen molar-refractivity contribution in [3.05, 3.63) is 42.2 Å². The Morgan fingerprint density at radius 3 is 2.62 bits per heavy atom. The number of carbonyl (C=O) groups is 1. The summed E-state index contributed by atoms with van der Waals surface area (Å²) >= 11 is 0. The molecular weight excluding hydrogens is 330 g/mol. The van der Waals surface area contributed by atoms with Crippen molar-refractivity contribution in [3.63, 3.8) is 0 Å². The van der Waals surface area contributed by atoms with Gasteiger partial charge in [-0.15, -0.1) is 0 Å². The van der Waals surface area contributed by atoms with E-state index in [-0.39, 0.29) is 17.4 Å². The van der Waals surface area contributed by atoms with E-state index in [1.54, 1.807) is 29.7 Å². The maximum atomic E-state index is 12.6. The van der Waals surface area contributed by atoms with Crippen LogP contribution in [0.5, 0.6) is 0 Å². The zero-order valence-electron chi connectivity index (χ0n) is 14.3. The van der Waals surface area contributed by atoms with Gasteiger partial charge in [-0.25, -0.2) is 19.9 Å². The lowest BCUT2D eigenvalue weighted by atomic mass is 9.99. The van der Waals surface area contributed by atoms with Crippen molar-refractivity contribution < 1.29 is 4.79 Å². The van der Waals surface area contributed by atoms with Crippen molar-refractivity contribution in [2.45, 2.75) is 31.2 Å². The highest BCUT2D eigenvalue weighted by Gasteiger charge is 2.45. The Balaban J connectivity index is 1.44. The molecular formula is C18H19N7O. The number of hydrogen-bond acceptors (Lipinski definition) is 7. The number of piperidine rings is 1. The highest BCUT2D eigenvalue weighted by molar-refractivity contribution is 5.93. The van der Waals surface area contributed by atoms with Crippen molar-refractivity contribution in [1.29, 1.82) is 5.26 Å². The number of nitrogens with one attached hydrogen (secondary N) is 1. The summed E-state index contributed by atoms with van der Waals surface area (Å²) in [5.41, 5.74) is 1.25. The van der Waals surface area contributed by atoms with Gasteiger partial charge in [-0.2, -0.15) is 5.26 Å². The summed E-state index contributed by atoms with van der Waals surface area (Å²) < 4.78 is 0. The first kappa shape index (κ1) is 16.4. The van der Waals surface area contributed by atoms with Crippen molar-refractivity contribution in [2.24, 2.45) is 5.92 Å². The fourth-order valence-electron chi connectivity index (χ4n) is 3.32. The molecule has 26 heavy (non-hydrogen) atoms. The Hall–Kier alpha value is -3.08. The van der Waals surface area contributed by atoms with Crippen LogP contribution in [0.2, 0.25) is 0 Å². The largest absolute Gasteiger partial charge is 0.345 e. The number of amides is 1. The van der Waals surface area contributed by atoms with Crippen molar-refractivity contribution in [3.8, 4) is 6.07 Å². The van der Waals surface area contributed by atoms with Gasteiger partial charge in [-0.3, -0.25) is 4.79 Å². The zero-order chi connectivity index (χ0) is 18.0. The van der Waals surface area contributed by atoms with E-state index in [1.165, 1.54) is 6.33 Å². The van der Waals surface area contributed by atoms with Crippen LogP contribution in [0.3, 0.4) is 0 Å². The van der Waals surface area contributed by atoms with Crippen LogP contribution in [0.15, 0.2) is 31.1 Å². The molecule has 0 radical (unpaired) electrons. The number of nitrogens with zero attached hydrogens (tertiary/aromatic N) is 6. The van der Waals surface area contributed by atoms with Crippen molar-refractivity contribution >= 4 is 11.9 Å². The molecule has 1 saturated carbocycles. The molecule has 1 aliphatic carbocycles.